The molecule has 104 valence electrons. The van der Waals surface area contributed by atoms with Crippen molar-refractivity contribution in [3.05, 3.63) is 48.0 Å². The van der Waals surface area contributed by atoms with Crippen molar-refractivity contribution in [2.24, 2.45) is 0 Å². The molecule has 0 unspecified atom stereocenters. The Hall–Kier alpha value is -2.49. The molecule has 0 aromatic heterocycles. The molecule has 2 aromatic carbocycles. The molecule has 0 bridgehead atoms. The molecule has 0 N–H and O–H groups in total. The van der Waals surface area contributed by atoms with Crippen LogP contribution in [0.2, 0.25) is 0 Å². The van der Waals surface area contributed by atoms with Gasteiger partial charge < -0.3 is 14.2 Å². The van der Waals surface area contributed by atoms with Gasteiger partial charge in [0.2, 0.25) is 0 Å². The summed E-state index contributed by atoms with van der Waals surface area (Å²) in [5.41, 5.74) is 2.31. The van der Waals surface area contributed by atoms with E-state index in [2.05, 4.69) is 0 Å². The first-order valence-electron chi connectivity index (χ1n) is 6.09. The Morgan fingerprint density at radius 1 is 0.800 bits per heavy atom. The SMILES string of the molecule is COC(=O)c1cc(OC)cc(-c2ccc(OC)cc2)c1. The summed E-state index contributed by atoms with van der Waals surface area (Å²) >= 11 is 0. The summed E-state index contributed by atoms with van der Waals surface area (Å²) in [7, 11) is 4.54. The molecule has 4 heteroatoms. The van der Waals surface area contributed by atoms with Gasteiger partial charge in [0.15, 0.2) is 0 Å². The Kier molecular flexibility index (Phi) is 4.25. The third kappa shape index (κ3) is 2.91. The van der Waals surface area contributed by atoms with Gasteiger partial charge in [0.05, 0.1) is 26.9 Å². The number of hydrogen-bond donors (Lipinski definition) is 0. The summed E-state index contributed by atoms with van der Waals surface area (Å²) in [4.78, 5) is 11.7. The average molecular weight is 272 g/mol. The van der Waals surface area contributed by atoms with Crippen LogP contribution < -0.4 is 9.47 Å². The highest BCUT2D eigenvalue weighted by atomic mass is 16.5. The number of hydrogen-bond acceptors (Lipinski definition) is 4. The van der Waals surface area contributed by atoms with Crippen molar-refractivity contribution in [2.45, 2.75) is 0 Å². The molecule has 0 aliphatic carbocycles. The minimum atomic E-state index is -0.390. The predicted octanol–water partition coefficient (Wildman–Crippen LogP) is 3.16. The van der Waals surface area contributed by atoms with Gasteiger partial charge in [0.25, 0.3) is 0 Å². The van der Waals surface area contributed by atoms with Crippen LogP contribution in [0.1, 0.15) is 10.4 Å². The molecule has 0 amide bonds. The van der Waals surface area contributed by atoms with Gasteiger partial charge in [-0.2, -0.15) is 0 Å². The topological polar surface area (TPSA) is 44.8 Å². The summed E-state index contributed by atoms with van der Waals surface area (Å²) in [6.45, 7) is 0. The summed E-state index contributed by atoms with van der Waals surface area (Å²) in [5.74, 6) is 1.00. The summed E-state index contributed by atoms with van der Waals surface area (Å²) in [5, 5.41) is 0. The van der Waals surface area contributed by atoms with Crippen LogP contribution in [0.5, 0.6) is 11.5 Å². The van der Waals surface area contributed by atoms with Crippen molar-refractivity contribution < 1.29 is 19.0 Å². The number of rotatable bonds is 4. The zero-order valence-corrected chi connectivity index (χ0v) is 11.7. The molecule has 4 nitrogen and oxygen atoms in total. The second-order valence-corrected chi connectivity index (χ2v) is 4.17. The second kappa shape index (κ2) is 6.10. The lowest BCUT2D eigenvalue weighted by atomic mass is 10.0. The van der Waals surface area contributed by atoms with Crippen LogP contribution in [0.3, 0.4) is 0 Å². The van der Waals surface area contributed by atoms with E-state index in [1.807, 2.05) is 30.3 Å². The quantitative estimate of drug-likeness (QED) is 0.802. The van der Waals surface area contributed by atoms with Crippen LogP contribution >= 0.6 is 0 Å². The van der Waals surface area contributed by atoms with E-state index in [9.17, 15) is 4.79 Å². The van der Waals surface area contributed by atoms with Gasteiger partial charge in [0, 0.05) is 0 Å². The summed E-state index contributed by atoms with van der Waals surface area (Å²) < 4.78 is 15.1. The highest BCUT2D eigenvalue weighted by Gasteiger charge is 2.10. The van der Waals surface area contributed by atoms with E-state index in [0.29, 0.717) is 11.3 Å². The standard InChI is InChI=1S/C16H16O4/c1-18-14-6-4-11(5-7-14)12-8-13(16(17)20-3)10-15(9-12)19-2/h4-10H,1-3H3. The molecule has 2 aromatic rings. The predicted molar refractivity (Wildman–Crippen MR) is 76.3 cm³/mol. The van der Waals surface area contributed by atoms with Crippen LogP contribution in [0, 0.1) is 0 Å². The second-order valence-electron chi connectivity index (χ2n) is 4.17. The molecule has 0 radical (unpaired) electrons. The molecule has 0 saturated carbocycles. The Labute approximate surface area is 117 Å². The Balaban J connectivity index is 2.46. The number of benzene rings is 2. The highest BCUT2D eigenvalue weighted by molar-refractivity contribution is 5.91. The monoisotopic (exact) mass is 272 g/mol. The zero-order valence-electron chi connectivity index (χ0n) is 11.7. The number of methoxy groups -OCH3 is 3. The van der Waals surface area contributed by atoms with E-state index in [0.717, 1.165) is 16.9 Å². The fourth-order valence-corrected chi connectivity index (χ4v) is 1.90. The summed E-state index contributed by atoms with van der Waals surface area (Å²) in [6, 6.07) is 12.9. The molecule has 0 aliphatic heterocycles. The zero-order chi connectivity index (χ0) is 14.5. The van der Waals surface area contributed by atoms with E-state index in [1.165, 1.54) is 7.11 Å². The molecule has 0 spiro atoms. The van der Waals surface area contributed by atoms with Crippen LogP contribution in [-0.4, -0.2) is 27.3 Å². The maximum absolute atomic E-state index is 11.7. The third-order valence-electron chi connectivity index (χ3n) is 2.99. The number of ether oxygens (including phenoxy) is 3. The molecule has 20 heavy (non-hydrogen) atoms. The molecular formula is C16H16O4. The van der Waals surface area contributed by atoms with Crippen molar-refractivity contribution >= 4 is 5.97 Å². The van der Waals surface area contributed by atoms with E-state index < -0.39 is 5.97 Å². The molecule has 0 heterocycles. The van der Waals surface area contributed by atoms with Gasteiger partial charge in [-0.25, -0.2) is 4.79 Å². The number of carbonyl (C=O) groups excluding carboxylic acids is 1. The van der Waals surface area contributed by atoms with Crippen molar-refractivity contribution in [3.8, 4) is 22.6 Å². The first kappa shape index (κ1) is 13.9. The average Bonchev–Trinajstić information content (AvgIpc) is 2.53. The van der Waals surface area contributed by atoms with Crippen molar-refractivity contribution in [1.82, 2.24) is 0 Å². The normalized spacial score (nSPS) is 9.95. The van der Waals surface area contributed by atoms with Crippen molar-refractivity contribution in [3.63, 3.8) is 0 Å². The first-order chi connectivity index (χ1) is 9.67. The third-order valence-corrected chi connectivity index (χ3v) is 2.99. The molecule has 2 rings (SSSR count). The molecule has 0 fully saturated rings. The molecule has 0 saturated heterocycles. The van der Waals surface area contributed by atoms with Gasteiger partial charge in [0.1, 0.15) is 11.5 Å². The molecule has 0 atom stereocenters. The Bertz CT molecular complexity index is 602. The van der Waals surface area contributed by atoms with Crippen LogP contribution in [-0.2, 0) is 4.74 Å². The lowest BCUT2D eigenvalue weighted by Crippen LogP contribution is -2.02. The number of carbonyl (C=O) groups is 1. The highest BCUT2D eigenvalue weighted by Crippen LogP contribution is 2.27. The van der Waals surface area contributed by atoms with Crippen LogP contribution in [0.15, 0.2) is 42.5 Å². The fourth-order valence-electron chi connectivity index (χ4n) is 1.90. The Morgan fingerprint density at radius 2 is 1.45 bits per heavy atom. The van der Waals surface area contributed by atoms with E-state index in [-0.39, 0.29) is 0 Å². The van der Waals surface area contributed by atoms with Gasteiger partial charge in [-0.3, -0.25) is 0 Å². The molecule has 0 aliphatic rings. The van der Waals surface area contributed by atoms with Crippen molar-refractivity contribution in [2.75, 3.05) is 21.3 Å². The van der Waals surface area contributed by atoms with Gasteiger partial charge in [-0.15, -0.1) is 0 Å². The largest absolute Gasteiger partial charge is 0.497 e. The first-order valence-corrected chi connectivity index (χ1v) is 6.09. The minimum absolute atomic E-state index is 0.390. The summed E-state index contributed by atoms with van der Waals surface area (Å²) in [6.07, 6.45) is 0. The van der Waals surface area contributed by atoms with Crippen LogP contribution in [0.4, 0.5) is 0 Å². The van der Waals surface area contributed by atoms with Crippen molar-refractivity contribution in [1.29, 1.82) is 0 Å². The maximum atomic E-state index is 11.7. The van der Waals surface area contributed by atoms with Crippen LogP contribution in [0.25, 0.3) is 11.1 Å². The van der Waals surface area contributed by atoms with Gasteiger partial charge >= 0.3 is 5.97 Å². The smallest absolute Gasteiger partial charge is 0.338 e. The number of esters is 1. The maximum Gasteiger partial charge on any atom is 0.338 e. The van der Waals surface area contributed by atoms with E-state index >= 15 is 0 Å². The van der Waals surface area contributed by atoms with E-state index in [1.54, 1.807) is 26.4 Å². The van der Waals surface area contributed by atoms with Gasteiger partial charge in [-0.1, -0.05) is 12.1 Å². The Morgan fingerprint density at radius 3 is 2.00 bits per heavy atom. The lowest BCUT2D eigenvalue weighted by Gasteiger charge is -2.09. The van der Waals surface area contributed by atoms with E-state index in [4.69, 9.17) is 14.2 Å². The fraction of sp³-hybridized carbons (Fsp3) is 0.188. The van der Waals surface area contributed by atoms with Gasteiger partial charge in [-0.05, 0) is 41.5 Å². The molecular weight excluding hydrogens is 256 g/mol. The minimum Gasteiger partial charge on any atom is -0.497 e. The lowest BCUT2D eigenvalue weighted by molar-refractivity contribution is 0.0600.